The molecule has 3 rings (SSSR count). The molecule has 0 fully saturated rings. The van der Waals surface area contributed by atoms with E-state index in [4.69, 9.17) is 16.3 Å². The molecule has 0 saturated carbocycles. The van der Waals surface area contributed by atoms with Crippen LogP contribution in [0, 0.1) is 10.1 Å². The second-order valence-corrected chi connectivity index (χ2v) is 5.02. The van der Waals surface area contributed by atoms with Gasteiger partial charge in [0.15, 0.2) is 0 Å². The van der Waals surface area contributed by atoms with E-state index in [2.05, 4.69) is 4.98 Å². The van der Waals surface area contributed by atoms with Crippen molar-refractivity contribution in [1.29, 1.82) is 0 Å². The van der Waals surface area contributed by atoms with Crippen LogP contribution in [-0.4, -0.2) is 9.91 Å². The number of benzene rings is 2. The molecular formula is C16H11ClN2O3. The van der Waals surface area contributed by atoms with Gasteiger partial charge >= 0.3 is 5.69 Å². The van der Waals surface area contributed by atoms with E-state index in [1.807, 2.05) is 30.3 Å². The number of fused-ring (bicyclic) bond motifs is 1. The van der Waals surface area contributed by atoms with Gasteiger partial charge in [0, 0.05) is 0 Å². The number of ether oxygens (including phenoxy) is 1. The maximum atomic E-state index is 11.0. The maximum absolute atomic E-state index is 11.0. The highest BCUT2D eigenvalue weighted by Gasteiger charge is 2.19. The van der Waals surface area contributed by atoms with Crippen molar-refractivity contribution in [3.05, 3.63) is 75.4 Å². The second-order valence-electron chi connectivity index (χ2n) is 4.64. The van der Waals surface area contributed by atoms with Gasteiger partial charge in [-0.05, 0) is 17.7 Å². The molecule has 0 spiro atoms. The molecule has 0 N–H and O–H groups in total. The zero-order chi connectivity index (χ0) is 15.5. The van der Waals surface area contributed by atoms with Crippen LogP contribution in [0.4, 0.5) is 5.69 Å². The summed E-state index contributed by atoms with van der Waals surface area (Å²) < 4.78 is 5.77. The first-order valence-corrected chi connectivity index (χ1v) is 6.93. The van der Waals surface area contributed by atoms with Gasteiger partial charge in [0.25, 0.3) is 0 Å². The fourth-order valence-electron chi connectivity index (χ4n) is 2.15. The number of nitrogens with zero attached hydrogens (tertiary/aromatic N) is 2. The number of halogens is 1. The first-order valence-electron chi connectivity index (χ1n) is 6.55. The van der Waals surface area contributed by atoms with Gasteiger partial charge in [-0.1, -0.05) is 48.0 Å². The third kappa shape index (κ3) is 2.71. The lowest BCUT2D eigenvalue weighted by Gasteiger charge is -2.10. The highest BCUT2D eigenvalue weighted by molar-refractivity contribution is 6.38. The standard InChI is InChI=1S/C16H11ClN2O3/c17-16-13(19(20)21)9-18-12-7-4-8-14(15(12)16)22-10-11-5-2-1-3-6-11/h1-9H,10H2. The molecule has 0 bridgehead atoms. The van der Waals surface area contributed by atoms with Gasteiger partial charge in [0.05, 0.1) is 15.8 Å². The third-order valence-corrected chi connectivity index (χ3v) is 3.59. The first-order chi connectivity index (χ1) is 10.7. The Morgan fingerprint density at radius 2 is 1.91 bits per heavy atom. The molecular weight excluding hydrogens is 304 g/mol. The van der Waals surface area contributed by atoms with Crippen LogP contribution < -0.4 is 4.74 Å². The van der Waals surface area contributed by atoms with Crippen molar-refractivity contribution in [3.8, 4) is 5.75 Å². The topological polar surface area (TPSA) is 65.3 Å². The van der Waals surface area contributed by atoms with E-state index in [1.54, 1.807) is 18.2 Å². The minimum Gasteiger partial charge on any atom is -0.488 e. The molecule has 3 aromatic rings. The Morgan fingerprint density at radius 3 is 2.64 bits per heavy atom. The summed E-state index contributed by atoms with van der Waals surface area (Å²) in [6, 6.07) is 14.9. The van der Waals surface area contributed by atoms with E-state index < -0.39 is 4.92 Å². The lowest BCUT2D eigenvalue weighted by Crippen LogP contribution is -1.98. The van der Waals surface area contributed by atoms with Crippen molar-refractivity contribution >= 4 is 28.2 Å². The molecule has 5 nitrogen and oxygen atoms in total. The van der Waals surface area contributed by atoms with Crippen molar-refractivity contribution in [2.24, 2.45) is 0 Å². The van der Waals surface area contributed by atoms with Crippen LogP contribution in [0.2, 0.25) is 5.02 Å². The van der Waals surface area contributed by atoms with Crippen molar-refractivity contribution < 1.29 is 9.66 Å². The number of hydrogen-bond acceptors (Lipinski definition) is 4. The molecule has 0 radical (unpaired) electrons. The van der Waals surface area contributed by atoms with Crippen LogP contribution in [0.25, 0.3) is 10.9 Å². The Balaban J connectivity index is 2.02. The molecule has 0 saturated heterocycles. The van der Waals surface area contributed by atoms with Gasteiger partial charge in [-0.25, -0.2) is 4.98 Å². The summed E-state index contributed by atoms with van der Waals surface area (Å²) >= 11 is 6.16. The first kappa shape index (κ1) is 14.3. The summed E-state index contributed by atoms with van der Waals surface area (Å²) in [6.07, 6.45) is 1.16. The van der Waals surface area contributed by atoms with Crippen molar-refractivity contribution in [3.63, 3.8) is 0 Å². The number of aromatic nitrogens is 1. The Labute approximate surface area is 131 Å². The van der Waals surface area contributed by atoms with Crippen molar-refractivity contribution in [2.45, 2.75) is 6.61 Å². The van der Waals surface area contributed by atoms with E-state index in [9.17, 15) is 10.1 Å². The molecule has 22 heavy (non-hydrogen) atoms. The lowest BCUT2D eigenvalue weighted by molar-refractivity contribution is -0.384. The summed E-state index contributed by atoms with van der Waals surface area (Å²) in [5.41, 5.74) is 1.32. The largest absolute Gasteiger partial charge is 0.488 e. The predicted molar refractivity (Wildman–Crippen MR) is 84.2 cm³/mol. The van der Waals surface area contributed by atoms with Crippen LogP contribution >= 0.6 is 11.6 Å². The maximum Gasteiger partial charge on any atom is 0.306 e. The predicted octanol–water partition coefficient (Wildman–Crippen LogP) is 4.38. The Morgan fingerprint density at radius 1 is 1.14 bits per heavy atom. The van der Waals surface area contributed by atoms with Crippen LogP contribution in [0.1, 0.15) is 5.56 Å². The Bertz CT molecular complexity index is 837. The van der Waals surface area contributed by atoms with Crippen molar-refractivity contribution in [1.82, 2.24) is 4.98 Å². The zero-order valence-corrected chi connectivity index (χ0v) is 12.2. The van der Waals surface area contributed by atoms with Gasteiger partial charge in [-0.2, -0.15) is 0 Å². The summed E-state index contributed by atoms with van der Waals surface area (Å²) in [6.45, 7) is 0.346. The number of rotatable bonds is 4. The summed E-state index contributed by atoms with van der Waals surface area (Å²) in [4.78, 5) is 14.5. The van der Waals surface area contributed by atoms with Gasteiger partial charge < -0.3 is 4.74 Å². The summed E-state index contributed by atoms with van der Waals surface area (Å²) in [5, 5.41) is 11.5. The van der Waals surface area contributed by atoms with Crippen LogP contribution in [-0.2, 0) is 6.61 Å². The summed E-state index contributed by atoms with van der Waals surface area (Å²) in [5.74, 6) is 0.475. The van der Waals surface area contributed by atoms with Crippen LogP contribution in [0.5, 0.6) is 5.75 Å². The zero-order valence-electron chi connectivity index (χ0n) is 11.4. The van der Waals surface area contributed by atoms with Crippen LogP contribution in [0.3, 0.4) is 0 Å². The molecule has 110 valence electrons. The second kappa shape index (κ2) is 5.99. The SMILES string of the molecule is O=[N+]([O-])c1cnc2cccc(OCc3ccccc3)c2c1Cl. The van der Waals surface area contributed by atoms with E-state index in [1.165, 1.54) is 0 Å². The Kier molecular flexibility index (Phi) is 3.89. The normalized spacial score (nSPS) is 10.6. The molecule has 6 heteroatoms. The van der Waals surface area contributed by atoms with Gasteiger partial charge in [-0.3, -0.25) is 10.1 Å². The smallest absolute Gasteiger partial charge is 0.306 e. The molecule has 0 aliphatic rings. The van der Waals surface area contributed by atoms with Crippen molar-refractivity contribution in [2.75, 3.05) is 0 Å². The molecule has 0 aliphatic heterocycles. The van der Waals surface area contributed by atoms with Gasteiger partial charge in [0.1, 0.15) is 23.6 Å². The lowest BCUT2D eigenvalue weighted by atomic mass is 10.2. The number of hydrogen-bond donors (Lipinski definition) is 0. The van der Waals surface area contributed by atoms with Gasteiger partial charge in [0.2, 0.25) is 0 Å². The minimum absolute atomic E-state index is 0.0404. The summed E-state index contributed by atoms with van der Waals surface area (Å²) in [7, 11) is 0. The van der Waals surface area contributed by atoms with E-state index in [-0.39, 0.29) is 10.7 Å². The number of pyridine rings is 1. The monoisotopic (exact) mass is 314 g/mol. The average Bonchev–Trinajstić information content (AvgIpc) is 2.53. The minimum atomic E-state index is -0.553. The quantitative estimate of drug-likeness (QED) is 0.529. The van der Waals surface area contributed by atoms with E-state index in [0.29, 0.717) is 23.3 Å². The molecule has 0 aliphatic carbocycles. The third-order valence-electron chi connectivity index (χ3n) is 3.21. The molecule has 2 aromatic carbocycles. The molecule has 0 amide bonds. The fourth-order valence-corrected chi connectivity index (χ4v) is 2.45. The average molecular weight is 315 g/mol. The Hall–Kier alpha value is -2.66. The van der Waals surface area contributed by atoms with E-state index >= 15 is 0 Å². The van der Waals surface area contributed by atoms with Crippen LogP contribution in [0.15, 0.2) is 54.7 Å². The molecule has 0 unspecified atom stereocenters. The molecule has 1 aromatic heterocycles. The molecule has 0 atom stereocenters. The van der Waals surface area contributed by atoms with E-state index in [0.717, 1.165) is 11.8 Å². The number of nitro groups is 1. The highest BCUT2D eigenvalue weighted by Crippen LogP contribution is 2.36. The fraction of sp³-hybridized carbons (Fsp3) is 0.0625. The molecule has 1 heterocycles. The van der Waals surface area contributed by atoms with Gasteiger partial charge in [-0.15, -0.1) is 0 Å². The highest BCUT2D eigenvalue weighted by atomic mass is 35.5.